The number of nitrogens with zero attached hydrogens (tertiary/aromatic N) is 2. The van der Waals surface area contributed by atoms with Crippen molar-refractivity contribution in [2.45, 2.75) is 19.9 Å². The summed E-state index contributed by atoms with van der Waals surface area (Å²) in [6, 6.07) is 5.34. The largest absolute Gasteiger partial charge is 0.341 e. The molecule has 0 unspecified atom stereocenters. The molecule has 22 heavy (non-hydrogen) atoms. The van der Waals surface area contributed by atoms with Crippen LogP contribution in [0.25, 0.3) is 11.4 Å². The molecule has 1 aromatic heterocycles. The first kappa shape index (κ1) is 15.6. The van der Waals surface area contributed by atoms with E-state index in [1.165, 1.54) is 18.2 Å². The van der Waals surface area contributed by atoms with E-state index in [2.05, 4.69) is 15.5 Å². The van der Waals surface area contributed by atoms with Crippen molar-refractivity contribution in [2.24, 2.45) is 0 Å². The Hall–Kier alpha value is -2.76. The van der Waals surface area contributed by atoms with Crippen LogP contribution in [0.15, 0.2) is 53.1 Å². The van der Waals surface area contributed by atoms with E-state index in [1.807, 2.05) is 13.0 Å². The van der Waals surface area contributed by atoms with Gasteiger partial charge >= 0.3 is 0 Å². The zero-order chi connectivity index (χ0) is 15.9. The van der Waals surface area contributed by atoms with Gasteiger partial charge in [0.2, 0.25) is 17.6 Å². The smallest absolute Gasteiger partial charge is 0.249 e. The number of allylic oxidation sites excluding steroid dienone is 3. The molecular weight excluding hydrogens is 285 g/mol. The highest BCUT2D eigenvalue weighted by atomic mass is 19.1. The Labute approximate surface area is 127 Å². The SMILES string of the molecule is C/C=C/C=C\C(=O)N[C@@H](C)c1nc(-c2ccc(F)cc2)no1. The molecule has 1 N–H and O–H groups in total. The molecule has 0 spiro atoms. The minimum atomic E-state index is -0.426. The summed E-state index contributed by atoms with van der Waals surface area (Å²) < 4.78 is 18.0. The Morgan fingerprint density at radius 2 is 2.05 bits per heavy atom. The molecule has 0 aliphatic heterocycles. The number of carbonyl (C=O) groups is 1. The Morgan fingerprint density at radius 1 is 1.32 bits per heavy atom. The summed E-state index contributed by atoms with van der Waals surface area (Å²) in [5.41, 5.74) is 0.642. The van der Waals surface area contributed by atoms with Crippen molar-refractivity contribution in [2.75, 3.05) is 0 Å². The van der Waals surface area contributed by atoms with Crippen molar-refractivity contribution in [3.8, 4) is 11.4 Å². The fourth-order valence-corrected chi connectivity index (χ4v) is 1.70. The summed E-state index contributed by atoms with van der Waals surface area (Å²) in [7, 11) is 0. The molecule has 1 heterocycles. The third-order valence-corrected chi connectivity index (χ3v) is 2.82. The van der Waals surface area contributed by atoms with E-state index in [4.69, 9.17) is 4.52 Å². The molecule has 1 aromatic carbocycles. The van der Waals surface area contributed by atoms with Crippen LogP contribution >= 0.6 is 0 Å². The predicted octanol–water partition coefficient (Wildman–Crippen LogP) is 3.19. The second-order valence-electron chi connectivity index (χ2n) is 4.58. The lowest BCUT2D eigenvalue weighted by molar-refractivity contribution is -0.117. The molecule has 0 fully saturated rings. The first-order valence-corrected chi connectivity index (χ1v) is 6.79. The Kier molecular flexibility index (Phi) is 5.19. The molecule has 0 saturated carbocycles. The monoisotopic (exact) mass is 301 g/mol. The summed E-state index contributed by atoms with van der Waals surface area (Å²) in [5, 5.41) is 6.54. The maximum absolute atomic E-state index is 12.9. The lowest BCUT2D eigenvalue weighted by Gasteiger charge is -2.06. The van der Waals surface area contributed by atoms with Crippen LogP contribution in [0.3, 0.4) is 0 Å². The lowest BCUT2D eigenvalue weighted by Crippen LogP contribution is -2.24. The molecule has 1 atom stereocenters. The van der Waals surface area contributed by atoms with Gasteiger partial charge in [-0.15, -0.1) is 0 Å². The van der Waals surface area contributed by atoms with Gasteiger partial charge in [0, 0.05) is 11.6 Å². The number of carbonyl (C=O) groups excluding carboxylic acids is 1. The van der Waals surface area contributed by atoms with Crippen molar-refractivity contribution < 1.29 is 13.7 Å². The number of nitrogens with one attached hydrogen (secondary N) is 1. The van der Waals surface area contributed by atoms with Gasteiger partial charge in [-0.3, -0.25) is 4.79 Å². The summed E-state index contributed by atoms with van der Waals surface area (Å²) in [6.07, 6.45) is 6.62. The van der Waals surface area contributed by atoms with Crippen LogP contribution in [0.4, 0.5) is 4.39 Å². The topological polar surface area (TPSA) is 68.0 Å². The van der Waals surface area contributed by atoms with E-state index in [-0.39, 0.29) is 17.6 Å². The zero-order valence-electron chi connectivity index (χ0n) is 12.3. The van der Waals surface area contributed by atoms with E-state index in [0.29, 0.717) is 11.4 Å². The Morgan fingerprint density at radius 3 is 2.73 bits per heavy atom. The van der Waals surface area contributed by atoms with Gasteiger partial charge in [0.15, 0.2) is 0 Å². The number of aromatic nitrogens is 2. The van der Waals surface area contributed by atoms with E-state index in [9.17, 15) is 9.18 Å². The van der Waals surface area contributed by atoms with Gasteiger partial charge in [-0.25, -0.2) is 4.39 Å². The van der Waals surface area contributed by atoms with Crippen molar-refractivity contribution in [3.63, 3.8) is 0 Å². The predicted molar refractivity (Wildman–Crippen MR) is 80.2 cm³/mol. The average molecular weight is 301 g/mol. The third-order valence-electron chi connectivity index (χ3n) is 2.82. The van der Waals surface area contributed by atoms with Crippen LogP contribution in [0.1, 0.15) is 25.8 Å². The van der Waals surface area contributed by atoms with Gasteiger partial charge in [0.1, 0.15) is 11.9 Å². The van der Waals surface area contributed by atoms with Crippen LogP contribution in [-0.4, -0.2) is 16.0 Å². The highest BCUT2D eigenvalue weighted by molar-refractivity contribution is 5.87. The minimum Gasteiger partial charge on any atom is -0.341 e. The Balaban J connectivity index is 2.04. The normalized spacial score (nSPS) is 12.9. The van der Waals surface area contributed by atoms with Gasteiger partial charge < -0.3 is 9.84 Å². The fourth-order valence-electron chi connectivity index (χ4n) is 1.70. The molecule has 0 bridgehead atoms. The maximum atomic E-state index is 12.9. The molecule has 0 aliphatic rings. The molecule has 1 amide bonds. The van der Waals surface area contributed by atoms with E-state index in [0.717, 1.165) is 0 Å². The maximum Gasteiger partial charge on any atom is 0.249 e. The van der Waals surface area contributed by atoms with Crippen molar-refractivity contribution in [1.29, 1.82) is 0 Å². The van der Waals surface area contributed by atoms with Gasteiger partial charge in [-0.1, -0.05) is 23.4 Å². The first-order valence-electron chi connectivity index (χ1n) is 6.79. The van der Waals surface area contributed by atoms with Crippen molar-refractivity contribution in [3.05, 3.63) is 60.3 Å². The van der Waals surface area contributed by atoms with Crippen LogP contribution < -0.4 is 5.32 Å². The lowest BCUT2D eigenvalue weighted by atomic mass is 10.2. The summed E-state index contributed by atoms with van der Waals surface area (Å²) >= 11 is 0. The third kappa shape index (κ3) is 4.12. The molecular formula is C16H16FN3O2. The van der Waals surface area contributed by atoms with Crippen LogP contribution in [0.5, 0.6) is 0 Å². The van der Waals surface area contributed by atoms with Gasteiger partial charge in [-0.05, 0) is 38.1 Å². The van der Waals surface area contributed by atoms with Crippen LogP contribution in [-0.2, 0) is 4.79 Å². The molecule has 114 valence electrons. The van der Waals surface area contributed by atoms with Crippen molar-refractivity contribution >= 4 is 5.91 Å². The standard InChI is InChI=1S/C16H16FN3O2/c1-3-4-5-6-14(21)18-11(2)16-19-15(20-22-16)12-7-9-13(17)10-8-12/h3-11H,1-2H3,(H,18,21)/b4-3+,6-5-/t11-/m0/s1. The molecule has 0 saturated heterocycles. The van der Waals surface area contributed by atoms with Crippen molar-refractivity contribution in [1.82, 2.24) is 15.5 Å². The number of halogens is 1. The number of hydrogen-bond acceptors (Lipinski definition) is 4. The molecule has 6 heteroatoms. The summed E-state index contributed by atoms with van der Waals surface area (Å²) in [4.78, 5) is 15.9. The minimum absolute atomic E-state index is 0.257. The molecule has 0 radical (unpaired) electrons. The highest BCUT2D eigenvalue weighted by Crippen LogP contribution is 2.18. The summed E-state index contributed by atoms with van der Waals surface area (Å²) in [6.45, 7) is 3.60. The molecule has 5 nitrogen and oxygen atoms in total. The van der Waals surface area contributed by atoms with E-state index >= 15 is 0 Å². The van der Waals surface area contributed by atoms with E-state index in [1.54, 1.807) is 31.2 Å². The quantitative estimate of drug-likeness (QED) is 0.680. The summed E-state index contributed by atoms with van der Waals surface area (Å²) in [5.74, 6) is 0.0424. The van der Waals surface area contributed by atoms with E-state index < -0.39 is 6.04 Å². The second kappa shape index (κ2) is 7.31. The van der Waals surface area contributed by atoms with Gasteiger partial charge in [0.25, 0.3) is 0 Å². The van der Waals surface area contributed by atoms with Gasteiger partial charge in [-0.2, -0.15) is 4.98 Å². The van der Waals surface area contributed by atoms with Crippen LogP contribution in [0.2, 0.25) is 0 Å². The zero-order valence-corrected chi connectivity index (χ0v) is 12.3. The average Bonchev–Trinajstić information content (AvgIpc) is 2.98. The highest BCUT2D eigenvalue weighted by Gasteiger charge is 2.16. The Bertz CT molecular complexity index is 690. The second-order valence-corrected chi connectivity index (χ2v) is 4.58. The number of rotatable bonds is 5. The fraction of sp³-hybridized carbons (Fsp3) is 0.188. The number of benzene rings is 1. The molecule has 2 aromatic rings. The van der Waals surface area contributed by atoms with Crippen LogP contribution in [0, 0.1) is 5.82 Å². The molecule has 0 aliphatic carbocycles. The number of amides is 1. The molecule has 2 rings (SSSR count). The number of hydrogen-bond donors (Lipinski definition) is 1. The van der Waals surface area contributed by atoms with Gasteiger partial charge in [0.05, 0.1) is 0 Å². The first-order chi connectivity index (χ1) is 10.6.